The average molecular weight is 440 g/mol. The fourth-order valence-electron chi connectivity index (χ4n) is 3.47. The number of halogens is 2. The number of nitrogens with one attached hydrogen (secondary N) is 2. The maximum atomic E-state index is 13.0. The number of ether oxygens (including phenoxy) is 1. The molecule has 31 heavy (non-hydrogen) atoms. The Balaban J connectivity index is 1.24. The largest absolute Gasteiger partial charge is 0.457 e. The van der Waals surface area contributed by atoms with E-state index < -0.39 is 0 Å². The molecule has 2 N–H and O–H groups in total. The topological polar surface area (TPSA) is 53.6 Å². The molecular weight excluding hydrogens is 417 g/mol. The van der Waals surface area contributed by atoms with Gasteiger partial charge in [-0.3, -0.25) is 0 Å². The highest BCUT2D eigenvalue weighted by atomic mass is 35.5. The number of urea groups is 1. The van der Waals surface area contributed by atoms with Crippen LogP contribution in [0.15, 0.2) is 72.8 Å². The summed E-state index contributed by atoms with van der Waals surface area (Å²) in [5, 5.41) is 7.14. The van der Waals surface area contributed by atoms with Crippen LogP contribution in [0.4, 0.5) is 14.9 Å². The summed E-state index contributed by atoms with van der Waals surface area (Å²) >= 11 is 6.26. The third kappa shape index (κ3) is 5.34. The van der Waals surface area contributed by atoms with E-state index in [9.17, 15) is 9.18 Å². The van der Waals surface area contributed by atoms with Crippen molar-refractivity contribution in [3.05, 3.63) is 89.2 Å². The second-order valence-electron chi connectivity index (χ2n) is 7.52. The van der Waals surface area contributed by atoms with Crippen molar-refractivity contribution in [3.8, 4) is 11.5 Å². The molecule has 0 saturated carbocycles. The van der Waals surface area contributed by atoms with Crippen LogP contribution in [-0.2, 0) is 0 Å². The summed E-state index contributed by atoms with van der Waals surface area (Å²) in [6.07, 6.45) is 0. The lowest BCUT2D eigenvalue weighted by Crippen LogP contribution is -2.61. The van der Waals surface area contributed by atoms with Crippen LogP contribution in [0.3, 0.4) is 0 Å². The number of nitrogens with zero attached hydrogens (tertiary/aromatic N) is 1. The van der Waals surface area contributed by atoms with Crippen molar-refractivity contribution in [2.24, 2.45) is 0 Å². The molecule has 160 valence electrons. The molecule has 4 rings (SSSR count). The van der Waals surface area contributed by atoms with E-state index in [1.807, 2.05) is 24.3 Å². The van der Waals surface area contributed by atoms with Crippen LogP contribution < -0.4 is 15.4 Å². The number of carbonyl (C=O) groups excluding carboxylic acids is 1. The lowest BCUT2D eigenvalue weighted by atomic mass is 10.0. The van der Waals surface area contributed by atoms with E-state index in [4.69, 9.17) is 16.3 Å². The first-order chi connectivity index (χ1) is 15.0. The third-order valence-electron chi connectivity index (χ3n) is 5.18. The Morgan fingerprint density at radius 3 is 2.29 bits per heavy atom. The minimum absolute atomic E-state index is 0.109. The molecule has 0 radical (unpaired) electrons. The lowest BCUT2D eigenvalue weighted by Gasteiger charge is -2.41. The van der Waals surface area contributed by atoms with E-state index in [0.29, 0.717) is 30.3 Å². The van der Waals surface area contributed by atoms with E-state index in [1.54, 1.807) is 41.3 Å². The van der Waals surface area contributed by atoms with Crippen LogP contribution in [0.25, 0.3) is 0 Å². The van der Waals surface area contributed by atoms with Crippen molar-refractivity contribution in [1.82, 2.24) is 10.2 Å². The van der Waals surface area contributed by atoms with Crippen LogP contribution in [-0.4, -0.2) is 30.1 Å². The maximum absolute atomic E-state index is 13.0. The Kier molecular flexibility index (Phi) is 6.39. The van der Waals surface area contributed by atoms with Gasteiger partial charge >= 0.3 is 6.03 Å². The van der Waals surface area contributed by atoms with Gasteiger partial charge in [0.15, 0.2) is 0 Å². The van der Waals surface area contributed by atoms with Gasteiger partial charge in [0.05, 0.1) is 0 Å². The van der Waals surface area contributed by atoms with Gasteiger partial charge in [-0.25, -0.2) is 9.18 Å². The fraction of sp³-hybridized carbons (Fsp3) is 0.208. The normalized spacial score (nSPS) is 14.6. The Morgan fingerprint density at radius 2 is 1.65 bits per heavy atom. The zero-order chi connectivity index (χ0) is 21.8. The van der Waals surface area contributed by atoms with Gasteiger partial charge in [0, 0.05) is 35.9 Å². The van der Waals surface area contributed by atoms with Crippen LogP contribution in [0.5, 0.6) is 11.5 Å². The second-order valence-corrected chi connectivity index (χ2v) is 7.93. The van der Waals surface area contributed by atoms with E-state index in [0.717, 1.165) is 10.6 Å². The van der Waals surface area contributed by atoms with Gasteiger partial charge in [0.2, 0.25) is 0 Å². The molecule has 1 aliphatic heterocycles. The van der Waals surface area contributed by atoms with Crippen molar-refractivity contribution in [1.29, 1.82) is 0 Å². The first-order valence-corrected chi connectivity index (χ1v) is 10.5. The number of likely N-dealkylation sites (tertiary alicyclic amines) is 1. The Bertz CT molecular complexity index is 1040. The van der Waals surface area contributed by atoms with Gasteiger partial charge in [0.25, 0.3) is 0 Å². The Hall–Kier alpha value is -3.09. The molecule has 3 aromatic rings. The van der Waals surface area contributed by atoms with Crippen molar-refractivity contribution in [3.63, 3.8) is 0 Å². The smallest absolute Gasteiger partial charge is 0.321 e. The SMILES string of the molecule is CC(NC1CN(C(=O)Nc2ccc(Oc3ccc(F)cc3)cc2)C1)c1ccccc1Cl. The lowest BCUT2D eigenvalue weighted by molar-refractivity contribution is 0.143. The predicted molar refractivity (Wildman–Crippen MR) is 120 cm³/mol. The summed E-state index contributed by atoms with van der Waals surface area (Å²) in [5.41, 5.74) is 1.73. The average Bonchev–Trinajstić information content (AvgIpc) is 2.73. The molecule has 1 heterocycles. The van der Waals surface area contributed by atoms with Crippen molar-refractivity contribution in [2.75, 3.05) is 18.4 Å². The van der Waals surface area contributed by atoms with Crippen LogP contribution in [0, 0.1) is 5.82 Å². The van der Waals surface area contributed by atoms with Gasteiger partial charge in [-0.15, -0.1) is 0 Å². The standard InChI is InChI=1S/C24H23ClFN3O2/c1-16(22-4-2-3-5-23(22)25)27-19-14-29(15-19)24(30)28-18-8-12-21(13-9-18)31-20-10-6-17(26)7-11-20/h2-13,16,19,27H,14-15H2,1H3,(H,28,30). The number of carbonyl (C=O) groups is 1. The summed E-state index contributed by atoms with van der Waals surface area (Å²) in [5.74, 6) is 0.835. The number of hydrogen-bond acceptors (Lipinski definition) is 3. The molecule has 1 unspecified atom stereocenters. The molecule has 1 fully saturated rings. The Labute approximate surface area is 185 Å². The molecule has 0 spiro atoms. The second kappa shape index (κ2) is 9.37. The monoisotopic (exact) mass is 439 g/mol. The Morgan fingerprint density at radius 1 is 1.03 bits per heavy atom. The van der Waals surface area contributed by atoms with Gasteiger partial charge in [0.1, 0.15) is 17.3 Å². The van der Waals surface area contributed by atoms with Crippen LogP contribution >= 0.6 is 11.6 Å². The predicted octanol–water partition coefficient (Wildman–Crippen LogP) is 5.84. The molecule has 3 aromatic carbocycles. The minimum atomic E-state index is -0.313. The first kappa shape index (κ1) is 21.2. The van der Waals surface area contributed by atoms with Gasteiger partial charge in [-0.05, 0) is 67.1 Å². The highest BCUT2D eigenvalue weighted by molar-refractivity contribution is 6.31. The summed E-state index contributed by atoms with van der Waals surface area (Å²) in [6.45, 7) is 3.33. The number of benzene rings is 3. The summed E-state index contributed by atoms with van der Waals surface area (Å²) < 4.78 is 18.6. The summed E-state index contributed by atoms with van der Waals surface area (Å²) in [4.78, 5) is 14.2. The van der Waals surface area contributed by atoms with Crippen molar-refractivity contribution in [2.45, 2.75) is 19.0 Å². The van der Waals surface area contributed by atoms with Crippen LogP contribution in [0.2, 0.25) is 5.02 Å². The number of anilines is 1. The fourth-order valence-corrected chi connectivity index (χ4v) is 3.77. The number of hydrogen-bond donors (Lipinski definition) is 2. The zero-order valence-electron chi connectivity index (χ0n) is 17.0. The quantitative estimate of drug-likeness (QED) is 0.507. The number of amides is 2. The maximum Gasteiger partial charge on any atom is 0.321 e. The van der Waals surface area contributed by atoms with Crippen molar-refractivity contribution < 1.29 is 13.9 Å². The minimum Gasteiger partial charge on any atom is -0.457 e. The molecule has 1 atom stereocenters. The third-order valence-corrected chi connectivity index (χ3v) is 5.53. The highest BCUT2D eigenvalue weighted by Crippen LogP contribution is 2.25. The molecule has 0 bridgehead atoms. The molecule has 1 saturated heterocycles. The van der Waals surface area contributed by atoms with Crippen molar-refractivity contribution >= 4 is 23.3 Å². The van der Waals surface area contributed by atoms with E-state index in [1.165, 1.54) is 12.1 Å². The molecule has 0 aromatic heterocycles. The molecule has 7 heteroatoms. The first-order valence-electron chi connectivity index (χ1n) is 10.1. The molecular formula is C24H23ClFN3O2. The highest BCUT2D eigenvalue weighted by Gasteiger charge is 2.31. The van der Waals surface area contributed by atoms with E-state index >= 15 is 0 Å². The van der Waals surface area contributed by atoms with E-state index in [2.05, 4.69) is 17.6 Å². The van der Waals surface area contributed by atoms with E-state index in [-0.39, 0.29) is 23.9 Å². The number of rotatable bonds is 6. The summed E-state index contributed by atoms with van der Waals surface area (Å²) in [7, 11) is 0. The van der Waals surface area contributed by atoms with Gasteiger partial charge in [-0.2, -0.15) is 0 Å². The molecule has 1 aliphatic rings. The van der Waals surface area contributed by atoms with Gasteiger partial charge in [-0.1, -0.05) is 29.8 Å². The summed E-state index contributed by atoms with van der Waals surface area (Å²) in [6, 6.07) is 20.8. The van der Waals surface area contributed by atoms with Gasteiger partial charge < -0.3 is 20.3 Å². The van der Waals surface area contributed by atoms with Crippen LogP contribution in [0.1, 0.15) is 18.5 Å². The molecule has 0 aliphatic carbocycles. The zero-order valence-corrected chi connectivity index (χ0v) is 17.8. The molecule has 2 amide bonds. The molecule has 5 nitrogen and oxygen atoms in total.